The van der Waals surface area contributed by atoms with E-state index in [9.17, 15) is 5.11 Å². The first-order chi connectivity index (χ1) is 11.8. The molecule has 1 aromatic rings. The Kier molecular flexibility index (Phi) is 5.05. The maximum absolute atomic E-state index is 10.5. The zero-order valence-electron chi connectivity index (χ0n) is 14.8. The first kappa shape index (κ1) is 16.4. The number of rotatable bonds is 5. The summed E-state index contributed by atoms with van der Waals surface area (Å²) in [5, 5.41) is 10.5. The minimum atomic E-state index is -0.264. The number of nitrogens with zero attached hydrogens (tertiary/aromatic N) is 1. The zero-order valence-corrected chi connectivity index (χ0v) is 14.8. The summed E-state index contributed by atoms with van der Waals surface area (Å²) in [5.41, 5.74) is 3.98. The molecule has 1 unspecified atom stereocenters. The Balaban J connectivity index is 1.33. The molecule has 24 heavy (non-hydrogen) atoms. The van der Waals surface area contributed by atoms with Crippen molar-refractivity contribution in [3.05, 3.63) is 41.0 Å². The molecule has 2 saturated carbocycles. The number of aliphatic hydroxyl groups excluding tert-OH is 1. The zero-order chi connectivity index (χ0) is 16.4. The van der Waals surface area contributed by atoms with Crippen molar-refractivity contribution >= 4 is 6.08 Å². The standard InChI is InChI=1S/C22H31NO/c24-22(20-3-1-2-4-20)21-9-7-17(8-10-21)15-18-11-13-23(14-12-18)16-19-5-6-19/h7-10,15,19-20,22,24H,1-6,11-14,16H2. The van der Waals surface area contributed by atoms with E-state index in [4.69, 9.17) is 0 Å². The molecule has 0 spiro atoms. The van der Waals surface area contributed by atoms with Gasteiger partial charge in [0.25, 0.3) is 0 Å². The SMILES string of the molecule is OC(c1ccc(C=C2CCN(CC3CC3)CC2)cc1)C1CCCC1. The largest absolute Gasteiger partial charge is 0.388 e. The van der Waals surface area contributed by atoms with Crippen LogP contribution in [0.4, 0.5) is 0 Å². The first-order valence-electron chi connectivity index (χ1n) is 9.98. The van der Waals surface area contributed by atoms with Gasteiger partial charge in [-0.3, -0.25) is 0 Å². The van der Waals surface area contributed by atoms with E-state index >= 15 is 0 Å². The van der Waals surface area contributed by atoms with Crippen molar-refractivity contribution in [2.75, 3.05) is 19.6 Å². The Morgan fingerprint density at radius 2 is 1.67 bits per heavy atom. The van der Waals surface area contributed by atoms with Gasteiger partial charge in [0.05, 0.1) is 6.10 Å². The van der Waals surface area contributed by atoms with Crippen molar-refractivity contribution in [1.82, 2.24) is 4.90 Å². The molecule has 0 bridgehead atoms. The molecule has 130 valence electrons. The van der Waals surface area contributed by atoms with Gasteiger partial charge >= 0.3 is 0 Å². The highest BCUT2D eigenvalue weighted by Crippen LogP contribution is 2.36. The molecule has 0 aromatic heterocycles. The van der Waals surface area contributed by atoms with Gasteiger partial charge in [-0.1, -0.05) is 48.8 Å². The van der Waals surface area contributed by atoms with Crippen molar-refractivity contribution in [1.29, 1.82) is 0 Å². The van der Waals surface area contributed by atoms with Gasteiger partial charge in [0.2, 0.25) is 0 Å². The highest BCUT2D eigenvalue weighted by atomic mass is 16.3. The summed E-state index contributed by atoms with van der Waals surface area (Å²) >= 11 is 0. The Morgan fingerprint density at radius 1 is 1.00 bits per heavy atom. The molecule has 3 fully saturated rings. The van der Waals surface area contributed by atoms with E-state index < -0.39 is 0 Å². The van der Waals surface area contributed by atoms with Crippen LogP contribution in [0.2, 0.25) is 0 Å². The molecular weight excluding hydrogens is 294 g/mol. The Bertz CT molecular complexity index is 556. The molecule has 0 radical (unpaired) electrons. The summed E-state index contributed by atoms with van der Waals surface area (Å²) in [7, 11) is 0. The predicted octanol–water partition coefficient (Wildman–Crippen LogP) is 4.80. The first-order valence-corrected chi connectivity index (χ1v) is 9.98. The maximum atomic E-state index is 10.5. The van der Waals surface area contributed by atoms with Gasteiger partial charge in [0.1, 0.15) is 0 Å². The molecule has 2 aliphatic carbocycles. The highest BCUT2D eigenvalue weighted by Gasteiger charge is 2.26. The van der Waals surface area contributed by atoms with Crippen molar-refractivity contribution in [3.8, 4) is 0 Å². The lowest BCUT2D eigenvalue weighted by Gasteiger charge is -2.28. The second-order valence-corrected chi connectivity index (χ2v) is 8.20. The third-order valence-corrected chi connectivity index (χ3v) is 6.21. The Hall–Kier alpha value is -1.12. The number of benzene rings is 1. The van der Waals surface area contributed by atoms with Crippen LogP contribution < -0.4 is 0 Å². The van der Waals surface area contributed by atoms with Crippen molar-refractivity contribution in [2.24, 2.45) is 11.8 Å². The summed E-state index contributed by atoms with van der Waals surface area (Å²) in [6.45, 7) is 3.81. The highest BCUT2D eigenvalue weighted by molar-refractivity contribution is 5.53. The minimum Gasteiger partial charge on any atom is -0.388 e. The van der Waals surface area contributed by atoms with Crippen LogP contribution in [0.5, 0.6) is 0 Å². The Labute approximate surface area is 146 Å². The number of hydrogen-bond donors (Lipinski definition) is 1. The van der Waals surface area contributed by atoms with Gasteiger partial charge in [-0.15, -0.1) is 0 Å². The second-order valence-electron chi connectivity index (χ2n) is 8.20. The summed E-state index contributed by atoms with van der Waals surface area (Å²) < 4.78 is 0. The quantitative estimate of drug-likeness (QED) is 0.840. The smallest absolute Gasteiger partial charge is 0.0818 e. The van der Waals surface area contributed by atoms with E-state index in [2.05, 4.69) is 35.2 Å². The number of likely N-dealkylation sites (tertiary alicyclic amines) is 1. The van der Waals surface area contributed by atoms with Crippen molar-refractivity contribution in [3.63, 3.8) is 0 Å². The van der Waals surface area contributed by atoms with Crippen molar-refractivity contribution in [2.45, 2.75) is 57.5 Å². The van der Waals surface area contributed by atoms with Crippen LogP contribution in [0.25, 0.3) is 6.08 Å². The molecule has 1 aliphatic heterocycles. The minimum absolute atomic E-state index is 0.264. The molecule has 1 heterocycles. The van der Waals surface area contributed by atoms with Crippen LogP contribution in [0.15, 0.2) is 29.8 Å². The summed E-state index contributed by atoms with van der Waals surface area (Å²) in [4.78, 5) is 2.65. The third kappa shape index (κ3) is 4.10. The molecule has 0 amide bonds. The van der Waals surface area contributed by atoms with Crippen LogP contribution >= 0.6 is 0 Å². The monoisotopic (exact) mass is 325 g/mol. The van der Waals surface area contributed by atoms with E-state index in [1.807, 2.05) is 0 Å². The van der Waals surface area contributed by atoms with Crippen LogP contribution in [-0.2, 0) is 0 Å². The molecular formula is C22H31NO. The van der Waals surface area contributed by atoms with Gasteiger partial charge in [0.15, 0.2) is 0 Å². The fourth-order valence-electron chi connectivity index (χ4n) is 4.40. The summed E-state index contributed by atoms with van der Waals surface area (Å²) in [6, 6.07) is 8.66. The number of aliphatic hydroxyl groups is 1. The molecule has 1 atom stereocenters. The lowest BCUT2D eigenvalue weighted by Crippen LogP contribution is -2.32. The topological polar surface area (TPSA) is 23.5 Å². The summed E-state index contributed by atoms with van der Waals surface area (Å²) in [6.07, 6.45) is 12.4. The van der Waals surface area contributed by atoms with Gasteiger partial charge in [-0.2, -0.15) is 0 Å². The Morgan fingerprint density at radius 3 is 2.29 bits per heavy atom. The predicted molar refractivity (Wildman–Crippen MR) is 99.7 cm³/mol. The van der Waals surface area contributed by atoms with Gasteiger partial charge in [-0.25, -0.2) is 0 Å². The van der Waals surface area contributed by atoms with E-state index in [-0.39, 0.29) is 6.10 Å². The molecule has 1 aromatic carbocycles. The van der Waals surface area contributed by atoms with E-state index in [1.165, 1.54) is 76.6 Å². The van der Waals surface area contributed by atoms with Crippen LogP contribution in [0.3, 0.4) is 0 Å². The fourth-order valence-corrected chi connectivity index (χ4v) is 4.40. The normalized spacial score (nSPS) is 24.3. The van der Waals surface area contributed by atoms with E-state index in [1.54, 1.807) is 5.57 Å². The van der Waals surface area contributed by atoms with Crippen molar-refractivity contribution < 1.29 is 5.11 Å². The number of piperidine rings is 1. The lowest BCUT2D eigenvalue weighted by atomic mass is 9.93. The average molecular weight is 325 g/mol. The van der Waals surface area contributed by atoms with E-state index in [0.717, 1.165) is 11.5 Å². The van der Waals surface area contributed by atoms with Gasteiger partial charge < -0.3 is 10.0 Å². The maximum Gasteiger partial charge on any atom is 0.0818 e. The number of hydrogen-bond acceptors (Lipinski definition) is 2. The molecule has 1 N–H and O–H groups in total. The molecule has 2 heteroatoms. The van der Waals surface area contributed by atoms with E-state index in [0.29, 0.717) is 5.92 Å². The van der Waals surface area contributed by atoms with Gasteiger partial charge in [-0.05, 0) is 61.5 Å². The van der Waals surface area contributed by atoms with Crippen LogP contribution in [-0.4, -0.2) is 29.6 Å². The van der Waals surface area contributed by atoms with Crippen LogP contribution in [0, 0.1) is 11.8 Å². The van der Waals surface area contributed by atoms with Gasteiger partial charge in [0, 0.05) is 19.6 Å². The average Bonchev–Trinajstić information content (AvgIpc) is 3.25. The molecule has 2 nitrogen and oxygen atoms in total. The lowest BCUT2D eigenvalue weighted by molar-refractivity contribution is 0.111. The fraction of sp³-hybridized carbons (Fsp3) is 0.636. The molecule has 4 rings (SSSR count). The third-order valence-electron chi connectivity index (χ3n) is 6.21. The van der Waals surface area contributed by atoms with Crippen LogP contribution in [0.1, 0.15) is 68.6 Å². The summed E-state index contributed by atoms with van der Waals surface area (Å²) in [5.74, 6) is 1.49. The molecule has 3 aliphatic rings. The molecule has 1 saturated heterocycles. The second kappa shape index (κ2) is 7.41.